The van der Waals surface area contributed by atoms with Crippen molar-refractivity contribution in [3.05, 3.63) is 59.0 Å². The topological polar surface area (TPSA) is 73.9 Å². The van der Waals surface area contributed by atoms with Gasteiger partial charge in [0.05, 0.1) is 11.2 Å². The SMILES string of the molecule is Cc1n[nH]c(C)c1CCCN(C)C(=O)NCc1cnc2ccccc2c1. The van der Waals surface area contributed by atoms with Crippen LogP contribution in [0.25, 0.3) is 10.9 Å². The number of fused-ring (bicyclic) bond motifs is 1. The Kier molecular flexibility index (Phi) is 5.51. The molecule has 2 N–H and O–H groups in total. The molecule has 2 aromatic heterocycles. The number of hydrogen-bond donors (Lipinski definition) is 2. The number of aryl methyl sites for hydroxylation is 2. The van der Waals surface area contributed by atoms with Crippen LogP contribution in [0.15, 0.2) is 36.5 Å². The third-order valence-corrected chi connectivity index (χ3v) is 4.64. The van der Waals surface area contributed by atoms with E-state index >= 15 is 0 Å². The number of para-hydroxylation sites is 1. The highest BCUT2D eigenvalue weighted by Crippen LogP contribution is 2.13. The first kappa shape index (κ1) is 17.9. The van der Waals surface area contributed by atoms with Crippen molar-refractivity contribution in [2.24, 2.45) is 0 Å². The van der Waals surface area contributed by atoms with Gasteiger partial charge in [0, 0.05) is 37.4 Å². The van der Waals surface area contributed by atoms with Gasteiger partial charge in [-0.1, -0.05) is 18.2 Å². The molecule has 6 heteroatoms. The van der Waals surface area contributed by atoms with E-state index in [0.717, 1.165) is 40.7 Å². The lowest BCUT2D eigenvalue weighted by Crippen LogP contribution is -2.37. The monoisotopic (exact) mass is 351 g/mol. The van der Waals surface area contributed by atoms with Crippen LogP contribution < -0.4 is 5.32 Å². The first-order valence-electron chi connectivity index (χ1n) is 8.87. The van der Waals surface area contributed by atoms with E-state index in [1.165, 1.54) is 5.56 Å². The molecule has 6 nitrogen and oxygen atoms in total. The minimum atomic E-state index is -0.0706. The summed E-state index contributed by atoms with van der Waals surface area (Å²) in [6.45, 7) is 5.21. The highest BCUT2D eigenvalue weighted by atomic mass is 16.2. The number of nitrogens with one attached hydrogen (secondary N) is 2. The molecule has 0 bridgehead atoms. The summed E-state index contributed by atoms with van der Waals surface area (Å²) >= 11 is 0. The van der Waals surface area contributed by atoms with E-state index in [9.17, 15) is 4.79 Å². The van der Waals surface area contributed by atoms with Crippen LogP contribution >= 0.6 is 0 Å². The second-order valence-corrected chi connectivity index (χ2v) is 6.63. The molecule has 2 amide bonds. The van der Waals surface area contributed by atoms with Crippen LogP contribution in [-0.4, -0.2) is 39.7 Å². The lowest BCUT2D eigenvalue weighted by atomic mass is 10.1. The van der Waals surface area contributed by atoms with Crippen LogP contribution in [0.5, 0.6) is 0 Å². The maximum absolute atomic E-state index is 12.3. The number of H-pyrrole nitrogens is 1. The summed E-state index contributed by atoms with van der Waals surface area (Å²) in [4.78, 5) is 18.4. The van der Waals surface area contributed by atoms with Crippen LogP contribution in [-0.2, 0) is 13.0 Å². The lowest BCUT2D eigenvalue weighted by molar-refractivity contribution is 0.208. The van der Waals surface area contributed by atoms with Crippen molar-refractivity contribution >= 4 is 16.9 Å². The number of benzene rings is 1. The molecule has 3 aromatic rings. The Morgan fingerprint density at radius 1 is 1.27 bits per heavy atom. The minimum Gasteiger partial charge on any atom is -0.334 e. The Morgan fingerprint density at radius 2 is 2.08 bits per heavy atom. The van der Waals surface area contributed by atoms with Gasteiger partial charge >= 0.3 is 6.03 Å². The highest BCUT2D eigenvalue weighted by Gasteiger charge is 2.10. The molecule has 0 fully saturated rings. The molecular weight excluding hydrogens is 326 g/mol. The van der Waals surface area contributed by atoms with E-state index in [-0.39, 0.29) is 6.03 Å². The molecule has 136 valence electrons. The summed E-state index contributed by atoms with van der Waals surface area (Å²) in [5, 5.41) is 11.3. The van der Waals surface area contributed by atoms with E-state index in [0.29, 0.717) is 13.1 Å². The van der Waals surface area contributed by atoms with Gasteiger partial charge < -0.3 is 10.2 Å². The maximum atomic E-state index is 12.3. The van der Waals surface area contributed by atoms with Crippen molar-refractivity contribution in [2.75, 3.05) is 13.6 Å². The van der Waals surface area contributed by atoms with Crippen molar-refractivity contribution in [3.63, 3.8) is 0 Å². The predicted molar refractivity (Wildman–Crippen MR) is 103 cm³/mol. The summed E-state index contributed by atoms with van der Waals surface area (Å²) in [6.07, 6.45) is 3.64. The number of nitrogens with zero attached hydrogens (tertiary/aromatic N) is 3. The Hall–Kier alpha value is -2.89. The maximum Gasteiger partial charge on any atom is 0.317 e. The lowest BCUT2D eigenvalue weighted by Gasteiger charge is -2.18. The van der Waals surface area contributed by atoms with Crippen molar-refractivity contribution in [3.8, 4) is 0 Å². The zero-order chi connectivity index (χ0) is 18.5. The van der Waals surface area contributed by atoms with Crippen molar-refractivity contribution in [2.45, 2.75) is 33.2 Å². The molecule has 2 heterocycles. The van der Waals surface area contributed by atoms with Gasteiger partial charge in [-0.3, -0.25) is 10.1 Å². The molecule has 1 aromatic carbocycles. The minimum absolute atomic E-state index is 0.0706. The van der Waals surface area contributed by atoms with E-state index in [1.807, 2.05) is 51.4 Å². The predicted octanol–water partition coefficient (Wildman–Crippen LogP) is 3.35. The van der Waals surface area contributed by atoms with Crippen LogP contribution in [0.2, 0.25) is 0 Å². The number of aromatic amines is 1. The Balaban J connectivity index is 1.47. The highest BCUT2D eigenvalue weighted by molar-refractivity contribution is 5.79. The summed E-state index contributed by atoms with van der Waals surface area (Å²) in [5.74, 6) is 0. The number of carbonyl (C=O) groups is 1. The summed E-state index contributed by atoms with van der Waals surface area (Å²) < 4.78 is 0. The second-order valence-electron chi connectivity index (χ2n) is 6.63. The molecule has 0 unspecified atom stereocenters. The molecule has 0 saturated carbocycles. The smallest absolute Gasteiger partial charge is 0.317 e. The van der Waals surface area contributed by atoms with Gasteiger partial charge in [-0.05, 0) is 49.9 Å². The van der Waals surface area contributed by atoms with Crippen molar-refractivity contribution < 1.29 is 4.79 Å². The molecule has 26 heavy (non-hydrogen) atoms. The fraction of sp³-hybridized carbons (Fsp3) is 0.350. The van der Waals surface area contributed by atoms with Crippen LogP contribution in [0.3, 0.4) is 0 Å². The van der Waals surface area contributed by atoms with Gasteiger partial charge in [0.1, 0.15) is 0 Å². The zero-order valence-electron chi connectivity index (χ0n) is 15.5. The second kappa shape index (κ2) is 7.99. The Morgan fingerprint density at radius 3 is 2.85 bits per heavy atom. The van der Waals surface area contributed by atoms with Crippen molar-refractivity contribution in [1.82, 2.24) is 25.4 Å². The molecule has 0 aliphatic carbocycles. The molecule has 0 spiro atoms. The normalized spacial score (nSPS) is 10.9. The summed E-state index contributed by atoms with van der Waals surface area (Å²) in [6, 6.07) is 9.96. The van der Waals surface area contributed by atoms with Crippen molar-refractivity contribution in [1.29, 1.82) is 0 Å². The number of amides is 2. The number of aromatic nitrogens is 3. The molecule has 0 atom stereocenters. The molecule has 3 rings (SSSR count). The summed E-state index contributed by atoms with van der Waals surface area (Å²) in [5.41, 5.74) is 5.36. The molecule has 0 aliphatic rings. The molecular formula is C20H25N5O. The number of hydrogen-bond acceptors (Lipinski definition) is 3. The molecule has 0 radical (unpaired) electrons. The first-order valence-corrected chi connectivity index (χ1v) is 8.87. The van der Waals surface area contributed by atoms with Crippen LogP contribution in [0.1, 0.15) is 28.9 Å². The standard InChI is InChI=1S/C20H25N5O/c1-14-18(15(2)24-23-14)8-6-10-25(3)20(26)22-13-16-11-17-7-4-5-9-19(17)21-12-16/h4-5,7,9,11-12H,6,8,10,13H2,1-3H3,(H,22,26)(H,23,24). The average molecular weight is 351 g/mol. The van der Waals surface area contributed by atoms with Crippen LogP contribution in [0.4, 0.5) is 4.79 Å². The Bertz CT molecular complexity index is 883. The van der Waals surface area contributed by atoms with E-state index in [1.54, 1.807) is 4.90 Å². The van der Waals surface area contributed by atoms with E-state index < -0.39 is 0 Å². The molecule has 0 saturated heterocycles. The van der Waals surface area contributed by atoms with E-state index in [2.05, 4.69) is 26.6 Å². The Labute approximate surface area is 153 Å². The largest absolute Gasteiger partial charge is 0.334 e. The first-order chi connectivity index (χ1) is 12.5. The van der Waals surface area contributed by atoms with Gasteiger partial charge in [-0.15, -0.1) is 0 Å². The number of carbonyl (C=O) groups excluding carboxylic acids is 1. The third-order valence-electron chi connectivity index (χ3n) is 4.64. The fourth-order valence-electron chi connectivity index (χ4n) is 3.06. The quantitative estimate of drug-likeness (QED) is 0.715. The van der Waals surface area contributed by atoms with E-state index in [4.69, 9.17) is 0 Å². The van der Waals surface area contributed by atoms with Gasteiger partial charge in [0.2, 0.25) is 0 Å². The number of urea groups is 1. The van der Waals surface area contributed by atoms with Gasteiger partial charge in [-0.2, -0.15) is 5.10 Å². The van der Waals surface area contributed by atoms with Gasteiger partial charge in [0.25, 0.3) is 0 Å². The molecule has 0 aliphatic heterocycles. The van der Waals surface area contributed by atoms with Gasteiger partial charge in [0.15, 0.2) is 0 Å². The average Bonchev–Trinajstić information content (AvgIpc) is 2.97. The number of pyridine rings is 1. The van der Waals surface area contributed by atoms with Crippen LogP contribution in [0, 0.1) is 13.8 Å². The number of rotatable bonds is 6. The fourth-order valence-corrected chi connectivity index (χ4v) is 3.06. The summed E-state index contributed by atoms with van der Waals surface area (Å²) in [7, 11) is 1.82. The zero-order valence-corrected chi connectivity index (χ0v) is 15.5. The van der Waals surface area contributed by atoms with Gasteiger partial charge in [-0.25, -0.2) is 4.79 Å². The third kappa shape index (κ3) is 4.20.